The highest BCUT2D eigenvalue weighted by atomic mass is 14.2. The molecule has 10 aromatic rings. The molecule has 0 heteroatoms. The van der Waals surface area contributed by atoms with Crippen molar-refractivity contribution in [3.8, 4) is 33.4 Å². The molecule has 0 saturated heterocycles. The van der Waals surface area contributed by atoms with Crippen molar-refractivity contribution in [1.29, 1.82) is 0 Å². The highest BCUT2D eigenvalue weighted by Crippen LogP contribution is 2.48. The summed E-state index contributed by atoms with van der Waals surface area (Å²) in [7, 11) is 0. The fraction of sp³-hybridized carbons (Fsp3) is 0. The summed E-state index contributed by atoms with van der Waals surface area (Å²) in [6.07, 6.45) is 0. The normalized spacial score (nSPS) is 12.1. The Labute approximate surface area is 255 Å². The summed E-state index contributed by atoms with van der Waals surface area (Å²) < 4.78 is 0. The van der Waals surface area contributed by atoms with E-state index in [0.717, 1.165) is 0 Å². The van der Waals surface area contributed by atoms with Crippen LogP contribution < -0.4 is 0 Å². The summed E-state index contributed by atoms with van der Waals surface area (Å²) in [5.41, 5.74) is 7.66. The van der Waals surface area contributed by atoms with Gasteiger partial charge in [0.2, 0.25) is 0 Å². The third-order valence-electron chi connectivity index (χ3n) is 9.73. The molecule has 0 aliphatic heterocycles. The minimum atomic E-state index is 1.25. The number of benzene rings is 10. The minimum Gasteiger partial charge on any atom is -0.0622 e. The maximum Gasteiger partial charge on any atom is -0.00201 e. The van der Waals surface area contributed by atoms with Gasteiger partial charge in [0.25, 0.3) is 0 Å². The quantitative estimate of drug-likeness (QED) is 0.191. The van der Waals surface area contributed by atoms with Crippen molar-refractivity contribution in [3.05, 3.63) is 158 Å². The molecule has 0 nitrogen and oxygen atoms in total. The molecule has 10 aromatic carbocycles. The van der Waals surface area contributed by atoms with Crippen molar-refractivity contribution in [3.63, 3.8) is 0 Å². The van der Waals surface area contributed by atoms with E-state index in [2.05, 4.69) is 158 Å². The van der Waals surface area contributed by atoms with Crippen molar-refractivity contribution in [2.45, 2.75) is 0 Å². The molecule has 0 heterocycles. The van der Waals surface area contributed by atoms with Gasteiger partial charge in [-0.05, 0) is 116 Å². The van der Waals surface area contributed by atoms with Crippen molar-refractivity contribution in [1.82, 2.24) is 0 Å². The molecular weight excluding hydrogens is 528 g/mol. The molecule has 0 bridgehead atoms. The second-order valence-electron chi connectivity index (χ2n) is 12.0. The lowest BCUT2D eigenvalue weighted by molar-refractivity contribution is 1.66. The third kappa shape index (κ3) is 3.23. The number of hydrogen-bond donors (Lipinski definition) is 0. The van der Waals surface area contributed by atoms with Gasteiger partial charge in [-0.3, -0.25) is 0 Å². The van der Waals surface area contributed by atoms with Crippen LogP contribution in [0.5, 0.6) is 0 Å². The Morgan fingerprint density at radius 1 is 0.227 bits per heavy atom. The minimum absolute atomic E-state index is 1.25. The van der Waals surface area contributed by atoms with Crippen LogP contribution in [-0.2, 0) is 0 Å². The molecule has 0 amide bonds. The molecule has 0 aliphatic carbocycles. The van der Waals surface area contributed by atoms with Crippen LogP contribution in [0.4, 0.5) is 0 Å². The van der Waals surface area contributed by atoms with Gasteiger partial charge in [0, 0.05) is 0 Å². The SMILES string of the molecule is c1ccc(-c2cc3cccc4c(-c5cc6c(-c7ccccc7)ccc7ccc8cccc5c8c76)cc5cccc2c5c34)cc1. The van der Waals surface area contributed by atoms with Crippen LogP contribution in [0.2, 0.25) is 0 Å². The molecule has 10 rings (SSSR count). The van der Waals surface area contributed by atoms with E-state index in [1.807, 2.05) is 0 Å². The Balaban J connectivity index is 1.37. The lowest BCUT2D eigenvalue weighted by Crippen LogP contribution is -1.93. The van der Waals surface area contributed by atoms with Gasteiger partial charge < -0.3 is 0 Å². The van der Waals surface area contributed by atoms with Crippen molar-refractivity contribution >= 4 is 64.6 Å². The Hall–Kier alpha value is -5.72. The van der Waals surface area contributed by atoms with E-state index >= 15 is 0 Å². The first-order valence-electron chi connectivity index (χ1n) is 15.4. The Bertz CT molecular complexity index is 2680. The number of hydrogen-bond acceptors (Lipinski definition) is 0. The average Bonchev–Trinajstić information content (AvgIpc) is 3.10. The zero-order chi connectivity index (χ0) is 28.8. The number of rotatable bonds is 3. The van der Waals surface area contributed by atoms with E-state index in [-0.39, 0.29) is 0 Å². The summed E-state index contributed by atoms with van der Waals surface area (Å²) in [6, 6.07) is 58.5. The maximum absolute atomic E-state index is 2.47. The van der Waals surface area contributed by atoms with Crippen molar-refractivity contribution in [2.24, 2.45) is 0 Å². The van der Waals surface area contributed by atoms with Gasteiger partial charge in [-0.25, -0.2) is 0 Å². The van der Waals surface area contributed by atoms with Gasteiger partial charge in [-0.2, -0.15) is 0 Å². The van der Waals surface area contributed by atoms with Crippen LogP contribution in [0.25, 0.3) is 98.0 Å². The Kier molecular flexibility index (Phi) is 4.81. The van der Waals surface area contributed by atoms with E-state index in [4.69, 9.17) is 0 Å². The molecule has 0 N–H and O–H groups in total. The first-order valence-corrected chi connectivity index (χ1v) is 15.4. The fourth-order valence-electron chi connectivity index (χ4n) is 7.84. The summed E-state index contributed by atoms with van der Waals surface area (Å²) in [4.78, 5) is 0. The van der Waals surface area contributed by atoms with Gasteiger partial charge in [0.1, 0.15) is 0 Å². The standard InChI is InChI=1S/C44H26/c1-3-10-27(11-4-1)33-23-22-30-21-20-29-14-7-18-36-39(26-40(33)42(30)41(29)36)38-25-32-16-8-17-34-37(28-12-5-2-6-13-28)24-31-15-9-19-35(38)44(31)43(32)34/h1-26H. The average molecular weight is 555 g/mol. The maximum atomic E-state index is 2.47. The molecule has 0 unspecified atom stereocenters. The smallest absolute Gasteiger partial charge is 0.00201 e. The van der Waals surface area contributed by atoms with E-state index < -0.39 is 0 Å². The summed E-state index contributed by atoms with van der Waals surface area (Å²) in [5.74, 6) is 0. The Morgan fingerprint density at radius 2 is 0.659 bits per heavy atom. The first-order chi connectivity index (χ1) is 21.8. The Morgan fingerprint density at radius 3 is 1.30 bits per heavy atom. The van der Waals surface area contributed by atoms with Gasteiger partial charge in [-0.1, -0.05) is 140 Å². The molecule has 0 saturated carbocycles. The largest absolute Gasteiger partial charge is 0.0622 e. The predicted molar refractivity (Wildman–Crippen MR) is 190 cm³/mol. The molecule has 44 heavy (non-hydrogen) atoms. The first kappa shape index (κ1) is 23.8. The molecular formula is C44H26. The van der Waals surface area contributed by atoms with Crippen LogP contribution in [0.3, 0.4) is 0 Å². The fourth-order valence-corrected chi connectivity index (χ4v) is 7.84. The second-order valence-corrected chi connectivity index (χ2v) is 12.0. The van der Waals surface area contributed by atoms with Crippen LogP contribution in [0.15, 0.2) is 158 Å². The summed E-state index contributed by atoms with van der Waals surface area (Å²) >= 11 is 0. The topological polar surface area (TPSA) is 0 Å². The van der Waals surface area contributed by atoms with Crippen LogP contribution >= 0.6 is 0 Å². The molecule has 0 fully saturated rings. The van der Waals surface area contributed by atoms with Gasteiger partial charge in [0.05, 0.1) is 0 Å². The van der Waals surface area contributed by atoms with Crippen molar-refractivity contribution < 1.29 is 0 Å². The molecule has 0 aliphatic rings. The van der Waals surface area contributed by atoms with E-state index in [0.29, 0.717) is 0 Å². The molecule has 0 spiro atoms. The zero-order valence-corrected chi connectivity index (χ0v) is 24.0. The van der Waals surface area contributed by atoms with Gasteiger partial charge in [-0.15, -0.1) is 0 Å². The highest BCUT2D eigenvalue weighted by Gasteiger charge is 2.20. The van der Waals surface area contributed by atoms with E-state index in [1.54, 1.807) is 0 Å². The molecule has 0 aromatic heterocycles. The van der Waals surface area contributed by atoms with Gasteiger partial charge >= 0.3 is 0 Å². The molecule has 202 valence electrons. The van der Waals surface area contributed by atoms with Crippen LogP contribution in [0.1, 0.15) is 0 Å². The lowest BCUT2D eigenvalue weighted by atomic mass is 9.82. The second kappa shape index (κ2) is 8.89. The van der Waals surface area contributed by atoms with E-state index in [9.17, 15) is 0 Å². The summed E-state index contributed by atoms with van der Waals surface area (Å²) in [5, 5.41) is 15.8. The van der Waals surface area contributed by atoms with Gasteiger partial charge in [0.15, 0.2) is 0 Å². The van der Waals surface area contributed by atoms with Crippen molar-refractivity contribution in [2.75, 3.05) is 0 Å². The monoisotopic (exact) mass is 554 g/mol. The van der Waals surface area contributed by atoms with Crippen LogP contribution in [-0.4, -0.2) is 0 Å². The zero-order valence-electron chi connectivity index (χ0n) is 24.0. The summed E-state index contributed by atoms with van der Waals surface area (Å²) in [6.45, 7) is 0. The molecule has 0 radical (unpaired) electrons. The lowest BCUT2D eigenvalue weighted by Gasteiger charge is -2.21. The predicted octanol–water partition coefficient (Wildman–Crippen LogP) is 12.5. The third-order valence-corrected chi connectivity index (χ3v) is 9.73. The van der Waals surface area contributed by atoms with Crippen LogP contribution in [0, 0.1) is 0 Å². The highest BCUT2D eigenvalue weighted by molar-refractivity contribution is 6.33. The molecule has 0 atom stereocenters. The van der Waals surface area contributed by atoms with E-state index in [1.165, 1.54) is 98.0 Å².